The van der Waals surface area contributed by atoms with E-state index in [9.17, 15) is 14.4 Å². The number of Topliss-reactive ketones (excluding diaryl/α,β-unsaturated/α-hetero) is 1. The molecule has 178 valence electrons. The van der Waals surface area contributed by atoms with Gasteiger partial charge in [0.05, 0.1) is 11.3 Å². The van der Waals surface area contributed by atoms with Crippen LogP contribution in [0.15, 0.2) is 48.7 Å². The van der Waals surface area contributed by atoms with Gasteiger partial charge in [-0.05, 0) is 72.2 Å². The Balaban J connectivity index is 2.19. The number of alkyl carbamates (subject to hydrolysis) is 1. The van der Waals surface area contributed by atoms with E-state index in [-0.39, 0.29) is 24.6 Å². The normalized spacial score (nSPS) is 11.5. The minimum absolute atomic E-state index is 0.158. The quantitative estimate of drug-likeness (QED) is 0.428. The number of nitrogens with one attached hydrogen (secondary N) is 1. The summed E-state index contributed by atoms with van der Waals surface area (Å²) in [4.78, 5) is 43.5. The molecular weight excluding hydrogens is 422 g/mol. The number of aromatic nitrogens is 1. The van der Waals surface area contributed by atoms with Crippen LogP contribution in [0.4, 0.5) is 21.1 Å². The fourth-order valence-corrected chi connectivity index (χ4v) is 2.88. The lowest BCUT2D eigenvalue weighted by Gasteiger charge is -2.27. The molecule has 2 rings (SSSR count). The van der Waals surface area contributed by atoms with Crippen LogP contribution in [0.25, 0.3) is 0 Å². The summed E-state index contributed by atoms with van der Waals surface area (Å²) in [7, 11) is 0. The highest BCUT2D eigenvalue weighted by Crippen LogP contribution is 2.29. The number of ether oxygens (including phenoxy) is 2. The van der Waals surface area contributed by atoms with Crippen LogP contribution < -0.4 is 10.2 Å². The summed E-state index contributed by atoms with van der Waals surface area (Å²) in [5.41, 5.74) is -0.487. The van der Waals surface area contributed by atoms with E-state index in [0.29, 0.717) is 17.7 Å². The zero-order chi connectivity index (χ0) is 24.6. The first-order chi connectivity index (χ1) is 15.4. The molecule has 1 aromatic carbocycles. The second-order valence-electron chi connectivity index (χ2n) is 9.48. The lowest BCUT2D eigenvalue weighted by atomic mass is 10.1. The van der Waals surface area contributed by atoms with Crippen LogP contribution >= 0.6 is 0 Å². The number of carbonyl (C=O) groups excluding carboxylic acids is 3. The Bertz CT molecular complexity index is 962. The lowest BCUT2D eigenvalue weighted by Crippen LogP contribution is -2.35. The van der Waals surface area contributed by atoms with Crippen molar-refractivity contribution in [3.05, 3.63) is 54.2 Å². The van der Waals surface area contributed by atoms with Gasteiger partial charge in [-0.3, -0.25) is 4.79 Å². The van der Waals surface area contributed by atoms with Gasteiger partial charge in [0.15, 0.2) is 11.6 Å². The molecule has 2 amide bonds. The minimum atomic E-state index is -0.726. The molecule has 0 atom stereocenters. The summed E-state index contributed by atoms with van der Waals surface area (Å²) in [6.45, 7) is 10.9. The van der Waals surface area contributed by atoms with E-state index in [1.54, 1.807) is 77.9 Å². The third-order valence-corrected chi connectivity index (χ3v) is 4.14. The van der Waals surface area contributed by atoms with E-state index >= 15 is 0 Å². The molecule has 0 saturated heterocycles. The van der Waals surface area contributed by atoms with Gasteiger partial charge in [0.25, 0.3) is 0 Å². The number of pyridine rings is 1. The van der Waals surface area contributed by atoms with E-state index in [1.165, 1.54) is 11.1 Å². The van der Waals surface area contributed by atoms with Crippen LogP contribution in [0.3, 0.4) is 0 Å². The van der Waals surface area contributed by atoms with Crippen molar-refractivity contribution in [2.75, 3.05) is 11.4 Å². The highest BCUT2D eigenvalue weighted by Gasteiger charge is 2.29. The maximum atomic E-state index is 13.1. The Hall–Kier alpha value is -3.42. The lowest BCUT2D eigenvalue weighted by molar-refractivity contribution is 0.0523. The Morgan fingerprint density at radius 3 is 2.15 bits per heavy atom. The number of amides is 2. The highest BCUT2D eigenvalue weighted by molar-refractivity contribution is 6.06. The van der Waals surface area contributed by atoms with Gasteiger partial charge in [0.2, 0.25) is 0 Å². The zero-order valence-electron chi connectivity index (χ0n) is 20.2. The molecule has 8 nitrogen and oxygen atoms in total. The fourth-order valence-electron chi connectivity index (χ4n) is 2.88. The average molecular weight is 456 g/mol. The van der Waals surface area contributed by atoms with Crippen molar-refractivity contribution in [1.82, 2.24) is 10.3 Å². The molecule has 0 unspecified atom stereocenters. The van der Waals surface area contributed by atoms with Gasteiger partial charge >= 0.3 is 12.2 Å². The van der Waals surface area contributed by atoms with Gasteiger partial charge in [0.1, 0.15) is 11.2 Å². The SMILES string of the molecule is CC(C)(C)OC(=O)NCCCC(=O)c1cccnc1N(C(=O)OC(C)(C)C)c1ccccc1. The van der Waals surface area contributed by atoms with Crippen molar-refractivity contribution in [1.29, 1.82) is 0 Å². The molecule has 0 aliphatic rings. The van der Waals surface area contributed by atoms with Crippen LogP contribution in [0.5, 0.6) is 0 Å². The summed E-state index contributed by atoms with van der Waals surface area (Å²) < 4.78 is 10.8. The number of hydrogen-bond acceptors (Lipinski definition) is 6. The first-order valence-corrected chi connectivity index (χ1v) is 10.9. The van der Waals surface area contributed by atoms with Crippen LogP contribution in [-0.2, 0) is 9.47 Å². The summed E-state index contributed by atoms with van der Waals surface area (Å²) in [6.07, 6.45) is 0.928. The number of hydrogen-bond donors (Lipinski definition) is 1. The third kappa shape index (κ3) is 8.56. The number of para-hydroxylation sites is 1. The highest BCUT2D eigenvalue weighted by atomic mass is 16.6. The molecule has 0 spiro atoms. The van der Waals surface area contributed by atoms with Gasteiger partial charge in [0, 0.05) is 19.2 Å². The largest absolute Gasteiger partial charge is 0.444 e. The predicted octanol–water partition coefficient (Wildman–Crippen LogP) is 5.64. The molecule has 0 fully saturated rings. The number of benzene rings is 1. The van der Waals surface area contributed by atoms with Gasteiger partial charge < -0.3 is 14.8 Å². The van der Waals surface area contributed by atoms with Crippen molar-refractivity contribution in [3.63, 3.8) is 0 Å². The molecule has 0 aliphatic heterocycles. The molecule has 0 bridgehead atoms. The van der Waals surface area contributed by atoms with Gasteiger partial charge in [-0.15, -0.1) is 0 Å². The first-order valence-electron chi connectivity index (χ1n) is 10.9. The number of nitrogens with zero attached hydrogens (tertiary/aromatic N) is 2. The Kier molecular flexibility index (Phi) is 8.56. The topological polar surface area (TPSA) is 97.8 Å². The van der Waals surface area contributed by atoms with E-state index in [4.69, 9.17) is 9.47 Å². The van der Waals surface area contributed by atoms with Gasteiger partial charge in [-0.1, -0.05) is 18.2 Å². The number of carbonyl (C=O) groups is 3. The predicted molar refractivity (Wildman–Crippen MR) is 127 cm³/mol. The van der Waals surface area contributed by atoms with E-state index in [2.05, 4.69) is 10.3 Å². The van der Waals surface area contributed by atoms with Gasteiger partial charge in [-0.25, -0.2) is 19.5 Å². The van der Waals surface area contributed by atoms with Crippen molar-refractivity contribution in [3.8, 4) is 0 Å². The summed E-state index contributed by atoms with van der Waals surface area (Å²) in [6, 6.07) is 12.2. The molecular formula is C25H33N3O5. The fraction of sp³-hybridized carbons (Fsp3) is 0.440. The average Bonchev–Trinajstić information content (AvgIpc) is 2.70. The second kappa shape index (κ2) is 10.9. The molecule has 1 N–H and O–H groups in total. The minimum Gasteiger partial charge on any atom is -0.444 e. The molecule has 2 aromatic rings. The monoisotopic (exact) mass is 455 g/mol. The van der Waals surface area contributed by atoms with E-state index in [0.717, 1.165) is 0 Å². The van der Waals surface area contributed by atoms with Crippen molar-refractivity contribution in [2.24, 2.45) is 0 Å². The van der Waals surface area contributed by atoms with Crippen molar-refractivity contribution >= 4 is 29.5 Å². The molecule has 33 heavy (non-hydrogen) atoms. The van der Waals surface area contributed by atoms with Gasteiger partial charge in [-0.2, -0.15) is 0 Å². The van der Waals surface area contributed by atoms with E-state index < -0.39 is 23.4 Å². The van der Waals surface area contributed by atoms with Crippen LogP contribution in [0.2, 0.25) is 0 Å². The maximum absolute atomic E-state index is 13.1. The van der Waals surface area contributed by atoms with E-state index in [1.807, 2.05) is 6.07 Å². The summed E-state index contributed by atoms with van der Waals surface area (Å²) in [5.74, 6) is -0.00312. The Labute approximate surface area is 195 Å². The van der Waals surface area contributed by atoms with Crippen LogP contribution in [-0.4, -0.2) is 40.7 Å². The molecule has 0 aliphatic carbocycles. The number of rotatable bonds is 7. The molecule has 8 heteroatoms. The summed E-state index contributed by atoms with van der Waals surface area (Å²) in [5, 5.41) is 2.64. The summed E-state index contributed by atoms with van der Waals surface area (Å²) >= 11 is 0. The number of ketones is 1. The Morgan fingerprint density at radius 2 is 1.55 bits per heavy atom. The van der Waals surface area contributed by atoms with Crippen molar-refractivity contribution < 1.29 is 23.9 Å². The van der Waals surface area contributed by atoms with Crippen LogP contribution in [0, 0.1) is 0 Å². The molecule has 0 saturated carbocycles. The van der Waals surface area contributed by atoms with Crippen LogP contribution in [0.1, 0.15) is 64.7 Å². The van der Waals surface area contributed by atoms with Crippen molar-refractivity contribution in [2.45, 2.75) is 65.6 Å². The Morgan fingerprint density at radius 1 is 0.909 bits per heavy atom. The first kappa shape index (κ1) is 25.8. The molecule has 1 heterocycles. The third-order valence-electron chi connectivity index (χ3n) is 4.14. The standard InChI is InChI=1S/C25H33N3O5/c1-24(2,3)32-22(30)27-17-11-15-20(29)19-14-10-16-26-21(19)28(18-12-8-7-9-13-18)23(31)33-25(4,5)6/h7-10,12-14,16H,11,15,17H2,1-6H3,(H,27,30). The number of anilines is 2. The second-order valence-corrected chi connectivity index (χ2v) is 9.48. The maximum Gasteiger partial charge on any atom is 0.420 e. The molecule has 1 aromatic heterocycles. The molecule has 0 radical (unpaired) electrons. The smallest absolute Gasteiger partial charge is 0.420 e. The zero-order valence-corrected chi connectivity index (χ0v) is 20.2.